The molecule has 3 rings (SSSR count). The molecule has 2 N–H and O–H groups in total. The lowest BCUT2D eigenvalue weighted by Gasteiger charge is -2.05. The zero-order valence-corrected chi connectivity index (χ0v) is 13.8. The van der Waals surface area contributed by atoms with Crippen molar-refractivity contribution in [3.05, 3.63) is 90.0 Å². The molecule has 0 bridgehead atoms. The molecule has 0 aliphatic heterocycles. The zero-order valence-electron chi connectivity index (χ0n) is 13.8. The summed E-state index contributed by atoms with van der Waals surface area (Å²) in [5.74, 6) is -0.0724. The molecule has 0 radical (unpaired) electrons. The van der Waals surface area contributed by atoms with Crippen molar-refractivity contribution < 1.29 is 9.90 Å². The Morgan fingerprint density at radius 2 is 1.36 bits per heavy atom. The Labute approximate surface area is 146 Å². The van der Waals surface area contributed by atoms with E-state index >= 15 is 0 Å². The maximum absolute atomic E-state index is 12.2. The highest BCUT2D eigenvalue weighted by Gasteiger charge is 2.06. The predicted molar refractivity (Wildman–Crippen MR) is 99.7 cm³/mol. The number of rotatable bonds is 4. The van der Waals surface area contributed by atoms with Gasteiger partial charge in [0.25, 0.3) is 5.91 Å². The number of hydrazone groups is 1. The Bertz CT molecular complexity index is 883. The number of phenols is 1. The summed E-state index contributed by atoms with van der Waals surface area (Å²) in [4.78, 5) is 12.2. The fourth-order valence-electron chi connectivity index (χ4n) is 2.41. The number of benzene rings is 3. The van der Waals surface area contributed by atoms with Crippen LogP contribution in [0.1, 0.15) is 22.8 Å². The van der Waals surface area contributed by atoms with Crippen LogP contribution in [0.25, 0.3) is 11.1 Å². The number of phenolic OH excluding ortho intramolecular Hbond substituents is 1. The molecule has 0 saturated carbocycles. The summed E-state index contributed by atoms with van der Waals surface area (Å²) in [6.45, 7) is 1.80. The summed E-state index contributed by atoms with van der Waals surface area (Å²) in [7, 11) is 0. The number of carbonyl (C=O) groups is 1. The van der Waals surface area contributed by atoms with E-state index in [-0.39, 0.29) is 11.7 Å². The molecule has 0 unspecified atom stereocenters. The lowest BCUT2D eigenvalue weighted by atomic mass is 10.0. The van der Waals surface area contributed by atoms with Crippen molar-refractivity contribution in [3.8, 4) is 16.9 Å². The highest BCUT2D eigenvalue weighted by atomic mass is 16.3. The van der Waals surface area contributed by atoms with Gasteiger partial charge in [0.05, 0.1) is 5.71 Å². The summed E-state index contributed by atoms with van der Waals surface area (Å²) in [5, 5.41) is 13.4. The number of aromatic hydroxyl groups is 1. The van der Waals surface area contributed by atoms with Gasteiger partial charge in [-0.25, -0.2) is 5.43 Å². The predicted octanol–water partition coefficient (Wildman–Crippen LogP) is 4.21. The van der Waals surface area contributed by atoms with E-state index in [1.54, 1.807) is 43.3 Å². The molecular formula is C21H18N2O2. The van der Waals surface area contributed by atoms with Crippen LogP contribution in [0.15, 0.2) is 84.0 Å². The van der Waals surface area contributed by atoms with Crippen molar-refractivity contribution in [3.63, 3.8) is 0 Å². The van der Waals surface area contributed by atoms with Gasteiger partial charge in [-0.05, 0) is 60.0 Å². The van der Waals surface area contributed by atoms with Gasteiger partial charge < -0.3 is 5.11 Å². The molecule has 0 saturated heterocycles. The third-order valence-corrected chi connectivity index (χ3v) is 3.86. The van der Waals surface area contributed by atoms with E-state index in [1.807, 2.05) is 42.5 Å². The number of nitrogens with zero attached hydrogens (tertiary/aromatic N) is 1. The number of amides is 1. The molecule has 0 aromatic heterocycles. The van der Waals surface area contributed by atoms with Crippen LogP contribution in [0.2, 0.25) is 0 Å². The van der Waals surface area contributed by atoms with E-state index < -0.39 is 0 Å². The fourth-order valence-corrected chi connectivity index (χ4v) is 2.41. The Morgan fingerprint density at radius 3 is 2.00 bits per heavy atom. The minimum Gasteiger partial charge on any atom is -0.508 e. The summed E-state index contributed by atoms with van der Waals surface area (Å²) in [5.41, 5.74) is 6.76. The van der Waals surface area contributed by atoms with Crippen molar-refractivity contribution in [2.24, 2.45) is 5.10 Å². The average Bonchev–Trinajstić information content (AvgIpc) is 2.67. The van der Waals surface area contributed by atoms with Gasteiger partial charge in [0.15, 0.2) is 0 Å². The molecule has 25 heavy (non-hydrogen) atoms. The Hall–Kier alpha value is -3.40. The first-order valence-corrected chi connectivity index (χ1v) is 7.93. The molecular weight excluding hydrogens is 312 g/mol. The first-order chi connectivity index (χ1) is 12.1. The highest BCUT2D eigenvalue weighted by Crippen LogP contribution is 2.19. The highest BCUT2D eigenvalue weighted by molar-refractivity contribution is 6.01. The van der Waals surface area contributed by atoms with Gasteiger partial charge in [0, 0.05) is 5.56 Å². The minimum atomic E-state index is -0.266. The molecule has 0 spiro atoms. The first-order valence-electron chi connectivity index (χ1n) is 7.93. The lowest BCUT2D eigenvalue weighted by Crippen LogP contribution is -2.19. The fraction of sp³-hybridized carbons (Fsp3) is 0.0476. The van der Waals surface area contributed by atoms with Crippen molar-refractivity contribution in [1.29, 1.82) is 0 Å². The van der Waals surface area contributed by atoms with Gasteiger partial charge in [-0.3, -0.25) is 4.79 Å². The van der Waals surface area contributed by atoms with E-state index in [2.05, 4.69) is 10.5 Å². The number of hydrogen-bond donors (Lipinski definition) is 2. The average molecular weight is 330 g/mol. The topological polar surface area (TPSA) is 61.7 Å². The monoisotopic (exact) mass is 330 g/mol. The third-order valence-electron chi connectivity index (χ3n) is 3.86. The van der Waals surface area contributed by atoms with Crippen LogP contribution in [-0.4, -0.2) is 16.7 Å². The molecule has 1 amide bonds. The molecule has 0 aliphatic rings. The van der Waals surface area contributed by atoms with E-state index in [1.165, 1.54) is 0 Å². The van der Waals surface area contributed by atoms with Crippen LogP contribution in [0.3, 0.4) is 0 Å². The van der Waals surface area contributed by atoms with Crippen molar-refractivity contribution in [2.45, 2.75) is 6.92 Å². The van der Waals surface area contributed by atoms with E-state index in [9.17, 15) is 9.90 Å². The van der Waals surface area contributed by atoms with Crippen LogP contribution in [0.5, 0.6) is 5.75 Å². The SMILES string of the molecule is CC(=NNC(=O)c1ccc(-c2ccccc2)cc1)c1ccc(O)cc1. The van der Waals surface area contributed by atoms with Crippen molar-refractivity contribution in [1.82, 2.24) is 5.43 Å². The van der Waals surface area contributed by atoms with Gasteiger partial charge >= 0.3 is 0 Å². The maximum Gasteiger partial charge on any atom is 0.271 e. The molecule has 124 valence electrons. The normalized spacial score (nSPS) is 11.2. The van der Waals surface area contributed by atoms with E-state index in [0.29, 0.717) is 11.3 Å². The second-order valence-corrected chi connectivity index (χ2v) is 5.63. The molecule has 4 nitrogen and oxygen atoms in total. The van der Waals surface area contributed by atoms with Gasteiger partial charge in [0.2, 0.25) is 0 Å². The van der Waals surface area contributed by atoms with Crippen LogP contribution in [0, 0.1) is 0 Å². The number of nitrogens with one attached hydrogen (secondary N) is 1. The minimum absolute atomic E-state index is 0.194. The molecule has 0 aliphatic carbocycles. The summed E-state index contributed by atoms with van der Waals surface area (Å²) >= 11 is 0. The van der Waals surface area contributed by atoms with Crippen LogP contribution < -0.4 is 5.43 Å². The van der Waals surface area contributed by atoms with Gasteiger partial charge in [-0.2, -0.15) is 5.10 Å². The summed E-state index contributed by atoms with van der Waals surface area (Å²) in [6, 6.07) is 24.0. The zero-order chi connectivity index (χ0) is 17.6. The number of hydrogen-bond acceptors (Lipinski definition) is 3. The molecule has 0 fully saturated rings. The molecule has 4 heteroatoms. The summed E-state index contributed by atoms with van der Waals surface area (Å²) < 4.78 is 0. The van der Waals surface area contributed by atoms with Crippen LogP contribution in [-0.2, 0) is 0 Å². The largest absolute Gasteiger partial charge is 0.508 e. The van der Waals surface area contributed by atoms with Gasteiger partial charge in [-0.1, -0.05) is 42.5 Å². The molecule has 3 aromatic carbocycles. The van der Waals surface area contributed by atoms with Crippen molar-refractivity contribution in [2.75, 3.05) is 0 Å². The second kappa shape index (κ2) is 7.45. The smallest absolute Gasteiger partial charge is 0.271 e. The van der Waals surface area contributed by atoms with Gasteiger partial charge in [-0.15, -0.1) is 0 Å². The van der Waals surface area contributed by atoms with Crippen LogP contribution >= 0.6 is 0 Å². The standard InChI is InChI=1S/C21H18N2O2/c1-15(16-11-13-20(24)14-12-16)22-23-21(25)19-9-7-18(8-10-19)17-5-3-2-4-6-17/h2-14,24H,1H3,(H,23,25). The van der Waals surface area contributed by atoms with Crippen molar-refractivity contribution >= 4 is 11.6 Å². The van der Waals surface area contributed by atoms with Gasteiger partial charge in [0.1, 0.15) is 5.75 Å². The molecule has 3 aromatic rings. The molecule has 0 atom stereocenters. The lowest BCUT2D eigenvalue weighted by molar-refractivity contribution is 0.0955. The maximum atomic E-state index is 12.2. The second-order valence-electron chi connectivity index (χ2n) is 5.63. The Kier molecular flexibility index (Phi) is 4.90. The Morgan fingerprint density at radius 1 is 0.800 bits per heavy atom. The Balaban J connectivity index is 1.69. The summed E-state index contributed by atoms with van der Waals surface area (Å²) in [6.07, 6.45) is 0. The quantitative estimate of drug-likeness (QED) is 0.556. The van der Waals surface area contributed by atoms with E-state index in [0.717, 1.165) is 16.7 Å². The molecule has 0 heterocycles. The van der Waals surface area contributed by atoms with E-state index in [4.69, 9.17) is 0 Å². The number of carbonyl (C=O) groups excluding carboxylic acids is 1. The van der Waals surface area contributed by atoms with Crippen LogP contribution in [0.4, 0.5) is 0 Å². The third kappa shape index (κ3) is 4.12. The first kappa shape index (κ1) is 16.5.